The average Bonchev–Trinajstić information content (AvgIpc) is 4.15. The highest BCUT2D eigenvalue weighted by Crippen LogP contribution is 2.86. The number of allylic oxidation sites excluding steroid dienone is 2. The molecule has 0 unspecified atom stereocenters. The van der Waals surface area contributed by atoms with E-state index in [2.05, 4.69) is 52.1 Å². The van der Waals surface area contributed by atoms with E-state index in [0.29, 0.717) is 63.5 Å². The minimum absolute atomic E-state index is 0.0502. The Kier molecular flexibility index (Phi) is 13.8. The lowest BCUT2D eigenvalue weighted by Gasteiger charge is -2.81. The lowest BCUT2D eigenvalue weighted by atomic mass is 9.23. The number of H-pyrrole nitrogens is 2. The Morgan fingerprint density at radius 1 is 0.932 bits per heavy atom. The number of nitrogens with zero attached hydrogens (tertiary/aromatic N) is 2. The largest absolute Gasteiger partial charge is 0.481 e. The van der Waals surface area contributed by atoms with Gasteiger partial charge in [0.15, 0.2) is 6.29 Å². The number of hydrogen-bond acceptors (Lipinski definition) is 15. The van der Waals surface area contributed by atoms with Gasteiger partial charge in [-0.3, -0.25) is 9.59 Å². The minimum atomic E-state index is -1.68. The standard InChI is InChI=1S/C54H82N6O13/c1-48(24-62)14-15-52(47(70)71)18-28(16-29-20-56-26-58-29)54-11-5-10-53(13-8-33(54)35(52)19-48)50(54,3)12-9-38-49(2,25-63)44(73-46-43(68)42(67)37(64)23-72-46)41(66)34(51(38,53)4)17-31-32(22-61)45(69)60-40(31)30(6-7-39(55)65)36-21-57-27-59-36/h8,20-21,26-28,30-32,34-35,37-44,46,61-68H,5-7,9-19,22-25,55H2,1-4H3,(H,56,58)(H,57,59)(H,60,69)(H,70,71)/t28-,30+,31+,32-,34-,35-,37+,38+,39-,40+,41+,42-,43+,44+,46-,48-,49-,50+,51-,52-,53-,54+/m0/s1. The Labute approximate surface area is 427 Å². The molecule has 10 rings (SSSR count). The molecule has 2 aromatic rings. The summed E-state index contributed by atoms with van der Waals surface area (Å²) in [5.41, 5.74) is 3.50. The van der Waals surface area contributed by atoms with Gasteiger partial charge in [-0.15, -0.1) is 0 Å². The summed E-state index contributed by atoms with van der Waals surface area (Å²) >= 11 is 0. The third kappa shape index (κ3) is 7.58. The summed E-state index contributed by atoms with van der Waals surface area (Å²) in [7, 11) is 0. The Morgan fingerprint density at radius 3 is 2.34 bits per heavy atom. The van der Waals surface area contributed by atoms with E-state index in [1.807, 2.05) is 13.1 Å². The summed E-state index contributed by atoms with van der Waals surface area (Å²) < 4.78 is 12.6. The number of nitrogens with one attached hydrogen (secondary N) is 3. The van der Waals surface area contributed by atoms with E-state index < -0.39 is 130 Å². The molecule has 19 heteroatoms. The van der Waals surface area contributed by atoms with Crippen molar-refractivity contribution in [3.8, 4) is 0 Å². The van der Waals surface area contributed by atoms with Crippen molar-refractivity contribution in [3.05, 3.63) is 48.1 Å². The minimum Gasteiger partial charge on any atom is -0.481 e. The number of carbonyl (C=O) groups is 2. The summed E-state index contributed by atoms with van der Waals surface area (Å²) in [6.45, 7) is 7.42. The molecule has 7 fully saturated rings. The van der Waals surface area contributed by atoms with Crippen LogP contribution in [0.4, 0.5) is 0 Å². The lowest BCUT2D eigenvalue weighted by Crippen LogP contribution is -2.78. The summed E-state index contributed by atoms with van der Waals surface area (Å²) in [6.07, 6.45) is 6.82. The van der Waals surface area contributed by atoms with Crippen LogP contribution in [0.2, 0.25) is 0 Å². The Bertz CT molecular complexity index is 2360. The van der Waals surface area contributed by atoms with Gasteiger partial charge < -0.3 is 76.5 Å². The van der Waals surface area contributed by atoms with E-state index in [1.54, 1.807) is 18.9 Å². The average molecular weight is 1020 g/mol. The molecule has 73 heavy (non-hydrogen) atoms. The number of aromatic nitrogens is 4. The molecule has 19 nitrogen and oxygen atoms in total. The fraction of sp³-hybridized carbons (Fsp3) is 0.815. The van der Waals surface area contributed by atoms with Crippen molar-refractivity contribution in [3.63, 3.8) is 0 Å². The van der Waals surface area contributed by atoms with E-state index in [-0.39, 0.29) is 49.7 Å². The molecule has 2 bridgehead atoms. The first kappa shape index (κ1) is 53.1. The number of hydrogen-bond donors (Lipinski definition) is 13. The smallest absolute Gasteiger partial charge is 0.310 e. The number of aliphatic hydroxyl groups excluding tert-OH is 8. The Hall–Kier alpha value is -3.34. The van der Waals surface area contributed by atoms with Crippen molar-refractivity contribution in [2.45, 2.75) is 173 Å². The molecule has 5 saturated carbocycles. The zero-order chi connectivity index (χ0) is 52.3. The fourth-order valence-corrected chi connectivity index (χ4v) is 19.0. The molecule has 2 aromatic heterocycles. The molecule has 2 aliphatic heterocycles. The van der Waals surface area contributed by atoms with Gasteiger partial charge in [0.05, 0.1) is 56.0 Å². The topological polar surface area (TPSA) is 330 Å². The fourth-order valence-electron chi connectivity index (χ4n) is 19.0. The second-order valence-corrected chi connectivity index (χ2v) is 25.4. The van der Waals surface area contributed by atoms with Gasteiger partial charge in [0, 0.05) is 53.2 Å². The van der Waals surface area contributed by atoms with Crippen molar-refractivity contribution >= 4 is 11.9 Å². The zero-order valence-electron chi connectivity index (χ0n) is 42.9. The maximum Gasteiger partial charge on any atom is 0.310 e. The predicted octanol–water partition coefficient (Wildman–Crippen LogP) is 2.24. The number of rotatable bonds is 15. The highest BCUT2D eigenvalue weighted by atomic mass is 16.7. The molecule has 22 atom stereocenters. The third-order valence-electron chi connectivity index (χ3n) is 22.6. The van der Waals surface area contributed by atoms with Crippen LogP contribution in [-0.2, 0) is 25.5 Å². The summed E-state index contributed by atoms with van der Waals surface area (Å²) in [5.74, 6) is -4.61. The molecule has 0 radical (unpaired) electrons. The molecule has 406 valence electrons. The number of carboxylic acids is 1. The number of aliphatic carboxylic acids is 1. The molecule has 1 amide bonds. The number of aromatic amines is 2. The monoisotopic (exact) mass is 1020 g/mol. The van der Waals surface area contributed by atoms with Crippen molar-refractivity contribution in [1.82, 2.24) is 25.3 Å². The predicted molar refractivity (Wildman–Crippen MR) is 262 cm³/mol. The Morgan fingerprint density at radius 2 is 1.68 bits per heavy atom. The van der Waals surface area contributed by atoms with Crippen LogP contribution in [0.25, 0.3) is 0 Å². The van der Waals surface area contributed by atoms with Crippen LogP contribution in [0.5, 0.6) is 0 Å². The number of aliphatic hydroxyl groups is 8. The van der Waals surface area contributed by atoms with Gasteiger partial charge in [-0.25, -0.2) is 9.97 Å². The molecule has 2 saturated heterocycles. The van der Waals surface area contributed by atoms with Crippen molar-refractivity contribution in [2.24, 2.45) is 79.1 Å². The Balaban J connectivity index is 1.17. The molecule has 8 aliphatic rings. The zero-order valence-corrected chi connectivity index (χ0v) is 42.9. The molecule has 0 aromatic carbocycles. The number of amides is 1. The van der Waals surface area contributed by atoms with Crippen LogP contribution in [0.3, 0.4) is 0 Å². The van der Waals surface area contributed by atoms with Gasteiger partial charge in [0.2, 0.25) is 5.91 Å². The number of ether oxygens (including phenoxy) is 2. The first-order valence-corrected chi connectivity index (χ1v) is 27.1. The molecule has 4 heterocycles. The van der Waals surface area contributed by atoms with Gasteiger partial charge in [0.25, 0.3) is 0 Å². The van der Waals surface area contributed by atoms with Gasteiger partial charge in [0.1, 0.15) is 24.5 Å². The number of imidazole rings is 2. The van der Waals surface area contributed by atoms with Crippen molar-refractivity contribution < 1.29 is 65.0 Å². The second-order valence-electron chi connectivity index (χ2n) is 25.4. The number of fused-ring (bicyclic) bond motifs is 3. The molecular formula is C54H82N6O13. The van der Waals surface area contributed by atoms with Gasteiger partial charge in [-0.1, -0.05) is 45.8 Å². The number of carboxylic acid groups (broad SMARTS) is 1. The molecular weight excluding hydrogens is 941 g/mol. The SMILES string of the molecule is C[C@]1(CO)CC[C@]2(C(=O)O)C[C@H](Cc3cnc[nH]3)[C@]34CCC[C@@]5(CC=C3[C@@H]2C1)[C@]1(C)[C@H](CC[C@]54C)[C@](C)(CO)[C@H](O[C@@H]2OC[C@@H](O)[C@H](O)[C@H]2O)[C@H](O)[C@@H]1C[C@H]1[C@@H]([C@H](CC[C@@H](N)O)c2cnc[nH]2)NC(=O)[C@H]1CO. The van der Waals surface area contributed by atoms with Gasteiger partial charge >= 0.3 is 5.97 Å². The van der Waals surface area contributed by atoms with Crippen LogP contribution in [0, 0.1) is 73.4 Å². The maximum absolute atomic E-state index is 14.3. The molecule has 1 spiro atoms. The van der Waals surface area contributed by atoms with Crippen molar-refractivity contribution in [1.29, 1.82) is 0 Å². The van der Waals surface area contributed by atoms with Crippen LogP contribution < -0.4 is 11.1 Å². The van der Waals surface area contributed by atoms with Gasteiger partial charge in [-0.2, -0.15) is 0 Å². The summed E-state index contributed by atoms with van der Waals surface area (Å²) in [4.78, 5) is 43.7. The lowest BCUT2D eigenvalue weighted by molar-refractivity contribution is -0.361. The maximum atomic E-state index is 14.3. The first-order valence-electron chi connectivity index (χ1n) is 27.1. The summed E-state index contributed by atoms with van der Waals surface area (Å²) in [5, 5.41) is 106. The molecule has 14 N–H and O–H groups in total. The number of carbonyl (C=O) groups excluding carboxylic acids is 1. The van der Waals surface area contributed by atoms with E-state index in [4.69, 9.17) is 15.2 Å². The van der Waals surface area contributed by atoms with Crippen molar-refractivity contribution in [2.75, 3.05) is 26.4 Å². The van der Waals surface area contributed by atoms with E-state index >= 15 is 0 Å². The van der Waals surface area contributed by atoms with E-state index in [0.717, 1.165) is 25.0 Å². The third-order valence-corrected chi connectivity index (χ3v) is 22.6. The normalized spacial score (nSPS) is 48.0. The molecule has 6 aliphatic carbocycles. The highest BCUT2D eigenvalue weighted by Gasteiger charge is 2.81. The van der Waals surface area contributed by atoms with Crippen LogP contribution in [-0.4, -0.2) is 153 Å². The highest BCUT2D eigenvalue weighted by molar-refractivity contribution is 5.82. The first-order chi connectivity index (χ1) is 34.7. The second kappa shape index (κ2) is 19.0. The van der Waals surface area contributed by atoms with E-state index in [1.165, 1.54) is 5.57 Å². The quantitative estimate of drug-likeness (QED) is 0.0691. The summed E-state index contributed by atoms with van der Waals surface area (Å²) in [6, 6.07) is -0.611. The van der Waals surface area contributed by atoms with E-state index in [9.17, 15) is 55.5 Å². The van der Waals surface area contributed by atoms with Crippen LogP contribution >= 0.6 is 0 Å². The van der Waals surface area contributed by atoms with Gasteiger partial charge in [-0.05, 0) is 135 Å². The van der Waals surface area contributed by atoms with Crippen LogP contribution in [0.15, 0.2) is 36.7 Å². The van der Waals surface area contributed by atoms with Crippen LogP contribution in [0.1, 0.15) is 128 Å². The number of nitrogens with two attached hydrogens (primary N) is 1.